The highest BCUT2D eigenvalue weighted by atomic mass is 35.5. The van der Waals surface area contributed by atoms with Crippen LogP contribution in [0.15, 0.2) is 35.9 Å². The van der Waals surface area contributed by atoms with Crippen LogP contribution in [-0.4, -0.2) is 151 Å². The molecule has 20 heteroatoms. The van der Waals surface area contributed by atoms with Crippen LogP contribution < -0.4 is 20.3 Å². The van der Waals surface area contributed by atoms with Crippen LogP contribution in [0.3, 0.4) is 0 Å². The molecule has 1 aliphatic carbocycles. The third-order valence-electron chi connectivity index (χ3n) is 14.3. The van der Waals surface area contributed by atoms with Crippen molar-refractivity contribution in [2.45, 2.75) is 146 Å². The Hall–Kier alpha value is -4.69. The molecule has 4 aliphatic heterocycles. The number of hydrogen-bond donors (Lipinski definition) is 3. The van der Waals surface area contributed by atoms with Gasteiger partial charge in [0.1, 0.15) is 40.7 Å². The fraction of sp³-hybridized carbons (Fsp3) is 0.660. The molecule has 0 aromatic heterocycles. The summed E-state index contributed by atoms with van der Waals surface area (Å²) >= 11 is 8.28. The Kier molecular flexibility index (Phi) is 19.4. The molecule has 0 spiro atoms. The van der Waals surface area contributed by atoms with Crippen LogP contribution in [0, 0.1) is 17.8 Å². The molecule has 6 rings (SSSR count). The Morgan fingerprint density at radius 2 is 1.77 bits per heavy atom. The van der Waals surface area contributed by atoms with Gasteiger partial charge in [0.2, 0.25) is 29.5 Å². The van der Waals surface area contributed by atoms with Crippen molar-refractivity contribution in [3.63, 3.8) is 0 Å². The number of thioether (sulfide) groups is 1. The summed E-state index contributed by atoms with van der Waals surface area (Å²) < 4.78 is 29.0. The molecular formula is C50H72ClN5O13S. The number of benzene rings is 1. The SMILES string of the molecule is CCC(=O)N(C)[C@@H](C)C(=O)O[C@H]1CC(=O)N(C)c2cc(cc(OC)c2Cl)C/C(C)=C/C=C/[C@@H](OC)[C@@]2(O)C[C@H](OC(=O)N2)[C@@H](C)[C@@H]2O[C@@]12C.CCSC1CC(=O)N(CC2CCC(C(=O)NC)CC2)C1=O. The number of aliphatic hydroxyl groups is 1. The number of nitrogens with zero attached hydrogens (tertiary/aromatic N) is 3. The van der Waals surface area contributed by atoms with E-state index in [0.29, 0.717) is 36.7 Å². The van der Waals surface area contributed by atoms with Gasteiger partial charge in [0.05, 0.1) is 30.6 Å². The number of methoxy groups -OCH3 is 2. The van der Waals surface area contributed by atoms with Crippen molar-refractivity contribution < 1.29 is 62.4 Å². The topological polar surface area (TPSA) is 223 Å². The number of likely N-dealkylation sites (tertiary alicyclic amines) is 1. The number of hydrogen-bond acceptors (Lipinski definition) is 14. The van der Waals surface area contributed by atoms with Crippen LogP contribution in [-0.2, 0) is 54.1 Å². The maximum atomic E-state index is 14.0. The number of ether oxygens (including phenoxy) is 5. The molecule has 1 saturated carbocycles. The van der Waals surface area contributed by atoms with Gasteiger partial charge in [-0.15, -0.1) is 11.8 Å². The molecule has 18 nitrogen and oxygen atoms in total. The third-order valence-corrected chi connectivity index (χ3v) is 15.8. The van der Waals surface area contributed by atoms with Crippen LogP contribution in [0.4, 0.5) is 10.5 Å². The molecule has 0 radical (unpaired) electrons. The number of amides is 6. The van der Waals surface area contributed by atoms with Crippen molar-refractivity contribution in [2.75, 3.05) is 52.6 Å². The number of halogens is 1. The van der Waals surface area contributed by atoms with Crippen LogP contribution in [0.2, 0.25) is 5.02 Å². The molecule has 3 saturated heterocycles. The number of likely N-dealkylation sites (N-methyl/N-ethyl adjacent to an activating group) is 1. The zero-order valence-corrected chi connectivity index (χ0v) is 43.9. The second-order valence-corrected chi connectivity index (χ2v) is 20.9. The predicted octanol–water partition coefficient (Wildman–Crippen LogP) is 5.34. The lowest BCUT2D eigenvalue weighted by Gasteiger charge is -2.42. The summed E-state index contributed by atoms with van der Waals surface area (Å²) in [5, 5.41) is 16.9. The van der Waals surface area contributed by atoms with Crippen LogP contribution in [0.1, 0.15) is 98.5 Å². The summed E-state index contributed by atoms with van der Waals surface area (Å²) in [5.74, 6) is -0.156. The lowest BCUT2D eigenvalue weighted by molar-refractivity contribution is -0.162. The molecule has 4 heterocycles. The molecule has 1 aromatic rings. The van der Waals surface area contributed by atoms with Crippen molar-refractivity contribution >= 4 is 70.6 Å². The first-order valence-corrected chi connectivity index (χ1v) is 25.5. The third kappa shape index (κ3) is 13.0. The summed E-state index contributed by atoms with van der Waals surface area (Å²) in [6.45, 7) is 11.2. The maximum Gasteiger partial charge on any atom is 0.409 e. The molecule has 388 valence electrons. The first-order valence-electron chi connectivity index (χ1n) is 24.1. The van der Waals surface area contributed by atoms with Gasteiger partial charge < -0.3 is 43.9 Å². The van der Waals surface area contributed by atoms with E-state index in [1.54, 1.807) is 77.8 Å². The minimum Gasteiger partial charge on any atom is -0.495 e. The number of anilines is 1. The fourth-order valence-electron chi connectivity index (χ4n) is 9.71. The summed E-state index contributed by atoms with van der Waals surface area (Å²) in [7, 11) is 7.67. The quantitative estimate of drug-likeness (QED) is 0.145. The number of nitrogens with one attached hydrogen (secondary N) is 2. The smallest absolute Gasteiger partial charge is 0.409 e. The molecule has 5 aliphatic rings. The number of fused-ring (bicyclic) bond motifs is 5. The average Bonchev–Trinajstić information content (AvgIpc) is 3.97. The maximum absolute atomic E-state index is 14.0. The molecule has 4 fully saturated rings. The molecule has 1 aromatic carbocycles. The van der Waals surface area contributed by atoms with E-state index in [-0.39, 0.29) is 59.1 Å². The standard InChI is InChI=1S/C35H48ClN3O10.C15H24N2O3S/c1-10-28(40)38(6)21(4)32(42)48-27-17-29(41)39(7)23-15-22(16-24(45-8)30(23)36)14-19(2)12-11-13-26(46-9)35(44)18-25(47-33(43)37-35)20(3)31-34(27,5)49-31;1-3-21-12-8-13(18)17(15(12)20)9-10-4-6-11(7-5-10)14(19)16-2/h11-13,15-16,20-21,25-27,31,44H,10,14,17-18H2,1-9H3,(H,37,43);10-12H,3-9H2,1-2H3,(H,16,19)/b13-11+,19-12+;/t20-,21+,25+,26-,27+,31+,34+,35+;/m1./s1. The molecule has 9 atom stereocenters. The van der Waals surface area contributed by atoms with Crippen molar-refractivity contribution in [1.82, 2.24) is 20.4 Å². The number of imide groups is 1. The number of esters is 1. The minimum atomic E-state index is -1.82. The second kappa shape index (κ2) is 24.2. The Bertz CT molecular complexity index is 2190. The van der Waals surface area contributed by atoms with E-state index in [9.17, 15) is 38.7 Å². The van der Waals surface area contributed by atoms with Crippen molar-refractivity contribution in [2.24, 2.45) is 17.8 Å². The number of carbonyl (C=O) groups is 7. The summed E-state index contributed by atoms with van der Waals surface area (Å²) in [4.78, 5) is 92.6. The number of alkyl carbamates (subject to hydrolysis) is 1. The van der Waals surface area contributed by atoms with Crippen LogP contribution in [0.25, 0.3) is 0 Å². The first-order chi connectivity index (χ1) is 33.0. The largest absolute Gasteiger partial charge is 0.495 e. The molecule has 3 N–H and O–H groups in total. The van der Waals surface area contributed by atoms with Crippen LogP contribution in [0.5, 0.6) is 5.75 Å². The summed E-state index contributed by atoms with van der Waals surface area (Å²) in [6.07, 6.45) is 5.12. The molecule has 70 heavy (non-hydrogen) atoms. The van der Waals surface area contributed by atoms with E-state index in [0.717, 1.165) is 42.6 Å². The van der Waals surface area contributed by atoms with Gasteiger partial charge in [-0.3, -0.25) is 34.2 Å². The molecule has 1 unspecified atom stereocenters. The Morgan fingerprint density at radius 3 is 2.39 bits per heavy atom. The number of carbonyl (C=O) groups excluding carboxylic acids is 7. The highest BCUT2D eigenvalue weighted by molar-refractivity contribution is 8.00. The fourth-order valence-corrected chi connectivity index (χ4v) is 11.0. The lowest BCUT2D eigenvalue weighted by Crippen LogP contribution is -2.63. The van der Waals surface area contributed by atoms with E-state index in [2.05, 4.69) is 10.6 Å². The van der Waals surface area contributed by atoms with E-state index in [1.807, 2.05) is 19.9 Å². The predicted molar refractivity (Wildman–Crippen MR) is 264 cm³/mol. The molecular weight excluding hydrogens is 946 g/mol. The number of rotatable bonds is 11. The Morgan fingerprint density at radius 1 is 1.09 bits per heavy atom. The van der Waals surface area contributed by atoms with Gasteiger partial charge in [-0.25, -0.2) is 9.59 Å². The normalized spacial score (nSPS) is 31.9. The van der Waals surface area contributed by atoms with Crippen molar-refractivity contribution in [1.29, 1.82) is 0 Å². The molecule has 6 amide bonds. The zero-order chi connectivity index (χ0) is 51.8. The van der Waals surface area contributed by atoms with Crippen molar-refractivity contribution in [3.8, 4) is 5.75 Å². The van der Waals surface area contributed by atoms with Gasteiger partial charge in [-0.1, -0.05) is 56.2 Å². The van der Waals surface area contributed by atoms with Crippen molar-refractivity contribution in [3.05, 3.63) is 46.5 Å². The van der Waals surface area contributed by atoms with Gasteiger partial charge in [0, 0.05) is 65.9 Å². The van der Waals surface area contributed by atoms with Gasteiger partial charge in [-0.2, -0.15) is 0 Å². The zero-order valence-electron chi connectivity index (χ0n) is 42.3. The van der Waals surface area contributed by atoms with E-state index in [4.69, 9.17) is 35.3 Å². The Balaban J connectivity index is 0.000000361. The van der Waals surface area contributed by atoms with E-state index < -0.39 is 65.7 Å². The minimum absolute atomic E-state index is 0.0136. The highest BCUT2D eigenvalue weighted by Gasteiger charge is 2.64. The van der Waals surface area contributed by atoms with Gasteiger partial charge in [0.25, 0.3) is 0 Å². The highest BCUT2D eigenvalue weighted by Crippen LogP contribution is 2.49. The average molecular weight is 1020 g/mol. The number of allylic oxidation sites excluding steroid dienone is 3. The van der Waals surface area contributed by atoms with Gasteiger partial charge in [0.15, 0.2) is 5.72 Å². The van der Waals surface area contributed by atoms with E-state index in [1.165, 1.54) is 36.0 Å². The van der Waals surface area contributed by atoms with Gasteiger partial charge in [-0.05, 0) is 82.2 Å². The van der Waals surface area contributed by atoms with E-state index >= 15 is 0 Å². The lowest BCUT2D eigenvalue weighted by atomic mass is 9.81. The second-order valence-electron chi connectivity index (χ2n) is 19.1. The summed E-state index contributed by atoms with van der Waals surface area (Å²) in [5.41, 5.74) is -0.870. The van der Waals surface area contributed by atoms with Crippen LogP contribution >= 0.6 is 23.4 Å². The monoisotopic (exact) mass is 1020 g/mol. The first kappa shape index (κ1) is 56.2. The molecule has 4 bridgehead atoms. The van der Waals surface area contributed by atoms with Gasteiger partial charge >= 0.3 is 12.1 Å². The number of epoxide rings is 1. The summed E-state index contributed by atoms with van der Waals surface area (Å²) in [6, 6.07) is 2.64. The Labute approximate surface area is 420 Å².